The van der Waals surface area contributed by atoms with Gasteiger partial charge in [0.2, 0.25) is 11.8 Å². The average molecular weight is 443 g/mol. The lowest BCUT2D eigenvalue weighted by molar-refractivity contribution is -0.137. The third-order valence-electron chi connectivity index (χ3n) is 6.35. The smallest absolute Gasteiger partial charge is 0.325 e. The van der Waals surface area contributed by atoms with Crippen molar-refractivity contribution in [3.63, 3.8) is 0 Å². The maximum absolute atomic E-state index is 13.4. The van der Waals surface area contributed by atoms with Crippen molar-refractivity contribution in [3.8, 4) is 6.07 Å². The molecular weight excluding hydrogens is 419 g/mol. The minimum absolute atomic E-state index is 0.116. The van der Waals surface area contributed by atoms with Crippen LogP contribution in [0.15, 0.2) is 36.4 Å². The summed E-state index contributed by atoms with van der Waals surface area (Å²) in [5, 5.41) is 11.6. The molecule has 0 aromatic heterocycles. The van der Waals surface area contributed by atoms with E-state index in [1.165, 1.54) is 6.07 Å². The fourth-order valence-electron chi connectivity index (χ4n) is 4.42. The molecule has 1 fully saturated rings. The Balaban J connectivity index is 1.98. The standard InChI is InChI=1S/C24H24F3N3O2/c1-5-23(13-30(21(31)16(23)4)20-14(2)7-6-8-15(20)3)22(32)29-19-10-17(12-28)9-18(11-19)24(25,26)27/h6-11,16H,5,13H2,1-4H3,(H,29,32)/t16-,23+/m1/s1. The Labute approximate surface area is 184 Å². The molecule has 8 heteroatoms. The number of hydrogen-bond donors (Lipinski definition) is 1. The number of alkyl halides is 3. The van der Waals surface area contributed by atoms with Crippen LogP contribution in [0.4, 0.5) is 24.5 Å². The van der Waals surface area contributed by atoms with E-state index < -0.39 is 29.0 Å². The molecule has 0 radical (unpaired) electrons. The number of nitrogens with zero attached hydrogens (tertiary/aromatic N) is 2. The van der Waals surface area contributed by atoms with Gasteiger partial charge in [-0.1, -0.05) is 32.0 Å². The van der Waals surface area contributed by atoms with E-state index in [1.807, 2.05) is 32.0 Å². The molecule has 2 atom stereocenters. The molecule has 2 amide bonds. The molecule has 1 aliphatic heterocycles. The number of rotatable bonds is 4. The minimum atomic E-state index is -4.66. The first kappa shape index (κ1) is 23.3. The van der Waals surface area contributed by atoms with Gasteiger partial charge >= 0.3 is 6.18 Å². The van der Waals surface area contributed by atoms with Gasteiger partial charge in [0.1, 0.15) is 0 Å². The van der Waals surface area contributed by atoms with Gasteiger partial charge in [0.15, 0.2) is 0 Å². The fraction of sp³-hybridized carbons (Fsp3) is 0.375. The first-order valence-corrected chi connectivity index (χ1v) is 10.3. The van der Waals surface area contributed by atoms with Crippen LogP contribution in [0.25, 0.3) is 0 Å². The Morgan fingerprint density at radius 1 is 1.25 bits per heavy atom. The van der Waals surface area contributed by atoms with Gasteiger partial charge in [0.25, 0.3) is 0 Å². The molecule has 1 N–H and O–H groups in total. The molecule has 3 rings (SSSR count). The SMILES string of the molecule is CC[C@]1(C(=O)Nc2cc(C#N)cc(C(F)(F)F)c2)CN(c2c(C)cccc2C)C(=O)[C@H]1C. The summed E-state index contributed by atoms with van der Waals surface area (Å²) >= 11 is 0. The van der Waals surface area contributed by atoms with E-state index >= 15 is 0 Å². The lowest BCUT2D eigenvalue weighted by Gasteiger charge is -2.30. The zero-order valence-corrected chi connectivity index (χ0v) is 18.3. The second-order valence-electron chi connectivity index (χ2n) is 8.26. The summed E-state index contributed by atoms with van der Waals surface area (Å²) in [6, 6.07) is 10.1. The van der Waals surface area contributed by atoms with Gasteiger partial charge in [0.05, 0.1) is 28.5 Å². The monoisotopic (exact) mass is 443 g/mol. The maximum Gasteiger partial charge on any atom is 0.416 e. The van der Waals surface area contributed by atoms with Crippen LogP contribution in [0.1, 0.15) is 42.5 Å². The van der Waals surface area contributed by atoms with E-state index in [9.17, 15) is 22.8 Å². The molecule has 1 aliphatic rings. The van der Waals surface area contributed by atoms with Crippen LogP contribution in [0.5, 0.6) is 0 Å². The van der Waals surface area contributed by atoms with E-state index in [-0.39, 0.29) is 23.7 Å². The molecule has 2 aromatic carbocycles. The summed E-state index contributed by atoms with van der Waals surface area (Å²) < 4.78 is 39.7. The highest BCUT2D eigenvalue weighted by atomic mass is 19.4. The molecule has 2 aromatic rings. The largest absolute Gasteiger partial charge is 0.416 e. The Bertz CT molecular complexity index is 1100. The first-order chi connectivity index (χ1) is 14.9. The summed E-state index contributed by atoms with van der Waals surface area (Å²) in [5.41, 5.74) is 0.0484. The molecule has 1 heterocycles. The molecular formula is C24H24F3N3O2. The van der Waals surface area contributed by atoms with E-state index in [0.29, 0.717) is 6.42 Å². The van der Waals surface area contributed by atoms with Crippen molar-refractivity contribution >= 4 is 23.2 Å². The molecule has 5 nitrogen and oxygen atoms in total. The fourth-order valence-corrected chi connectivity index (χ4v) is 4.42. The quantitative estimate of drug-likeness (QED) is 0.705. The number of para-hydroxylation sites is 1. The summed E-state index contributed by atoms with van der Waals surface area (Å²) in [5.74, 6) is -1.42. The van der Waals surface area contributed by atoms with Crippen molar-refractivity contribution in [2.45, 2.75) is 40.3 Å². The number of nitrogens with one attached hydrogen (secondary N) is 1. The third kappa shape index (κ3) is 3.95. The van der Waals surface area contributed by atoms with Crippen LogP contribution in [0, 0.1) is 36.5 Å². The number of nitriles is 1. The van der Waals surface area contributed by atoms with Gasteiger partial charge in [-0.25, -0.2) is 0 Å². The first-order valence-electron chi connectivity index (χ1n) is 10.3. The van der Waals surface area contributed by atoms with Crippen molar-refractivity contribution in [1.82, 2.24) is 0 Å². The minimum Gasteiger partial charge on any atom is -0.325 e. The third-order valence-corrected chi connectivity index (χ3v) is 6.35. The Hall–Kier alpha value is -3.34. The van der Waals surface area contributed by atoms with Crippen LogP contribution < -0.4 is 10.2 Å². The zero-order valence-electron chi connectivity index (χ0n) is 18.3. The number of benzene rings is 2. The highest BCUT2D eigenvalue weighted by molar-refractivity contribution is 6.07. The van der Waals surface area contributed by atoms with E-state index in [4.69, 9.17) is 5.26 Å². The average Bonchev–Trinajstić information content (AvgIpc) is 2.98. The predicted molar refractivity (Wildman–Crippen MR) is 115 cm³/mol. The van der Waals surface area contributed by atoms with Crippen LogP contribution in [-0.2, 0) is 15.8 Å². The van der Waals surface area contributed by atoms with Crippen molar-refractivity contribution < 1.29 is 22.8 Å². The summed E-state index contributed by atoms with van der Waals surface area (Å²) in [6.45, 7) is 7.35. The van der Waals surface area contributed by atoms with E-state index in [0.717, 1.165) is 28.9 Å². The van der Waals surface area contributed by atoms with Crippen LogP contribution in [-0.4, -0.2) is 18.4 Å². The zero-order chi connectivity index (χ0) is 23.8. The highest BCUT2D eigenvalue weighted by Crippen LogP contribution is 2.44. The molecule has 168 valence electrons. The number of anilines is 2. The number of hydrogen-bond acceptors (Lipinski definition) is 3. The van der Waals surface area contributed by atoms with Gasteiger partial charge in [0, 0.05) is 17.9 Å². The van der Waals surface area contributed by atoms with Crippen LogP contribution in [0.2, 0.25) is 0 Å². The highest BCUT2D eigenvalue weighted by Gasteiger charge is 2.54. The van der Waals surface area contributed by atoms with Crippen molar-refractivity contribution in [1.29, 1.82) is 5.26 Å². The lowest BCUT2D eigenvalue weighted by Crippen LogP contribution is -2.42. The Kier molecular flexibility index (Phi) is 6.05. The molecule has 1 saturated heterocycles. The van der Waals surface area contributed by atoms with Crippen molar-refractivity contribution in [3.05, 3.63) is 58.7 Å². The van der Waals surface area contributed by atoms with Crippen molar-refractivity contribution in [2.24, 2.45) is 11.3 Å². The summed E-state index contributed by atoms with van der Waals surface area (Å²) in [6.07, 6.45) is -4.35. The van der Waals surface area contributed by atoms with Gasteiger partial charge in [-0.15, -0.1) is 0 Å². The van der Waals surface area contributed by atoms with E-state index in [2.05, 4.69) is 5.32 Å². The number of halogens is 3. The number of carbonyl (C=O) groups is 2. The number of aryl methyl sites for hydroxylation is 2. The molecule has 32 heavy (non-hydrogen) atoms. The maximum atomic E-state index is 13.4. The summed E-state index contributed by atoms with van der Waals surface area (Å²) in [4.78, 5) is 28.2. The van der Waals surface area contributed by atoms with Crippen molar-refractivity contribution in [2.75, 3.05) is 16.8 Å². The molecule has 0 aliphatic carbocycles. The molecule has 0 unspecified atom stereocenters. The second-order valence-corrected chi connectivity index (χ2v) is 8.26. The van der Waals surface area contributed by atoms with Crippen LogP contribution >= 0.6 is 0 Å². The molecule has 0 saturated carbocycles. The van der Waals surface area contributed by atoms with Crippen LogP contribution in [0.3, 0.4) is 0 Å². The second kappa shape index (κ2) is 8.30. The number of amides is 2. The normalized spacial score (nSPS) is 20.9. The Morgan fingerprint density at radius 3 is 2.41 bits per heavy atom. The van der Waals surface area contributed by atoms with Gasteiger partial charge in [-0.2, -0.15) is 18.4 Å². The molecule has 0 bridgehead atoms. The molecule has 0 spiro atoms. The van der Waals surface area contributed by atoms with E-state index in [1.54, 1.807) is 24.8 Å². The Morgan fingerprint density at radius 2 is 1.88 bits per heavy atom. The topological polar surface area (TPSA) is 73.2 Å². The number of carbonyl (C=O) groups excluding carboxylic acids is 2. The van der Waals surface area contributed by atoms with Gasteiger partial charge in [-0.05, 0) is 49.6 Å². The van der Waals surface area contributed by atoms with Gasteiger partial charge in [-0.3, -0.25) is 9.59 Å². The lowest BCUT2D eigenvalue weighted by atomic mass is 9.75. The summed E-state index contributed by atoms with van der Waals surface area (Å²) in [7, 11) is 0. The predicted octanol–water partition coefficient (Wildman–Crippen LogP) is 5.21. The van der Waals surface area contributed by atoms with Gasteiger partial charge < -0.3 is 10.2 Å².